The van der Waals surface area contributed by atoms with E-state index in [0.29, 0.717) is 0 Å². The van der Waals surface area contributed by atoms with E-state index in [9.17, 15) is 9.90 Å². The van der Waals surface area contributed by atoms with E-state index in [4.69, 9.17) is 0 Å². The van der Waals surface area contributed by atoms with E-state index in [1.54, 1.807) is 0 Å². The first-order chi connectivity index (χ1) is 4.59. The summed E-state index contributed by atoms with van der Waals surface area (Å²) in [6.45, 7) is 1.51. The van der Waals surface area contributed by atoms with Crippen molar-refractivity contribution in [3.05, 3.63) is 0 Å². The Labute approximate surface area is 60.0 Å². The van der Waals surface area contributed by atoms with E-state index < -0.39 is 11.6 Å². The van der Waals surface area contributed by atoms with Crippen LogP contribution in [0.5, 0.6) is 0 Å². The van der Waals surface area contributed by atoms with Gasteiger partial charge in [-0.05, 0) is 25.7 Å². The zero-order chi connectivity index (χ0) is 7.78. The summed E-state index contributed by atoms with van der Waals surface area (Å²) in [6.07, 6.45) is 1.87. The van der Waals surface area contributed by atoms with Gasteiger partial charge in [-0.1, -0.05) is 0 Å². The summed E-state index contributed by atoms with van der Waals surface area (Å²) in [6, 6.07) is 0. The highest BCUT2D eigenvalue weighted by molar-refractivity contribution is 5.79. The van der Waals surface area contributed by atoms with Crippen LogP contribution in [0.2, 0.25) is 0 Å². The molecule has 1 aliphatic rings. The quantitative estimate of drug-likeness (QED) is 0.568. The Kier molecular flexibility index (Phi) is 1.68. The van der Waals surface area contributed by atoms with E-state index >= 15 is 0 Å². The fourth-order valence-corrected chi connectivity index (χ4v) is 1.02. The van der Waals surface area contributed by atoms with Gasteiger partial charge in [0.25, 0.3) is 0 Å². The number of esters is 1. The van der Waals surface area contributed by atoms with Crippen LogP contribution in [0.25, 0.3) is 0 Å². The molecule has 0 aromatic heterocycles. The van der Waals surface area contributed by atoms with Gasteiger partial charge in [-0.3, -0.25) is 0 Å². The normalized spacial score (nSPS) is 23.5. The highest BCUT2D eigenvalue weighted by Gasteiger charge is 2.46. The van der Waals surface area contributed by atoms with Crippen molar-refractivity contribution in [3.63, 3.8) is 0 Å². The van der Waals surface area contributed by atoms with Crippen molar-refractivity contribution in [2.24, 2.45) is 5.92 Å². The molecule has 3 heteroatoms. The zero-order valence-electron chi connectivity index (χ0n) is 6.26. The average molecular weight is 144 g/mol. The summed E-state index contributed by atoms with van der Waals surface area (Å²) in [4.78, 5) is 10.8. The molecule has 0 heterocycles. The van der Waals surface area contributed by atoms with Crippen molar-refractivity contribution in [2.45, 2.75) is 25.4 Å². The minimum atomic E-state index is -1.24. The molecular formula is C7H12O3. The molecule has 0 aromatic carbocycles. The molecule has 0 bridgehead atoms. The van der Waals surface area contributed by atoms with Crippen molar-refractivity contribution < 1.29 is 14.6 Å². The number of carbonyl (C=O) groups excluding carboxylic acids is 1. The summed E-state index contributed by atoms with van der Waals surface area (Å²) in [5, 5.41) is 9.45. The zero-order valence-corrected chi connectivity index (χ0v) is 6.26. The summed E-state index contributed by atoms with van der Waals surface area (Å²) < 4.78 is 4.43. The number of rotatable bonds is 2. The van der Waals surface area contributed by atoms with Gasteiger partial charge >= 0.3 is 5.97 Å². The molecule has 0 amide bonds. The third-order valence-corrected chi connectivity index (χ3v) is 1.97. The van der Waals surface area contributed by atoms with Gasteiger partial charge in [0.15, 0.2) is 5.60 Å². The third-order valence-electron chi connectivity index (χ3n) is 1.97. The molecule has 1 N–H and O–H groups in total. The molecule has 0 radical (unpaired) electrons. The molecule has 1 saturated carbocycles. The first-order valence-electron chi connectivity index (χ1n) is 3.40. The maximum absolute atomic E-state index is 10.8. The van der Waals surface area contributed by atoms with Gasteiger partial charge < -0.3 is 9.84 Å². The van der Waals surface area contributed by atoms with Crippen LogP contribution in [0.15, 0.2) is 0 Å². The number of hydrogen-bond acceptors (Lipinski definition) is 3. The summed E-state index contributed by atoms with van der Waals surface area (Å²) in [7, 11) is 1.29. The van der Waals surface area contributed by atoms with E-state index in [-0.39, 0.29) is 5.92 Å². The second-order valence-corrected chi connectivity index (χ2v) is 2.91. The van der Waals surface area contributed by atoms with Crippen molar-refractivity contribution in [2.75, 3.05) is 7.11 Å². The highest BCUT2D eigenvalue weighted by Crippen LogP contribution is 2.39. The van der Waals surface area contributed by atoms with E-state index in [0.717, 1.165) is 12.8 Å². The lowest BCUT2D eigenvalue weighted by molar-refractivity contribution is -0.162. The van der Waals surface area contributed by atoms with Crippen molar-refractivity contribution in [1.29, 1.82) is 0 Å². The van der Waals surface area contributed by atoms with Crippen molar-refractivity contribution >= 4 is 5.97 Å². The van der Waals surface area contributed by atoms with Gasteiger partial charge in [0.05, 0.1) is 7.11 Å². The first-order valence-corrected chi connectivity index (χ1v) is 3.40. The molecule has 0 aliphatic heterocycles. The Hall–Kier alpha value is -0.570. The lowest BCUT2D eigenvalue weighted by Gasteiger charge is -2.18. The van der Waals surface area contributed by atoms with Crippen LogP contribution < -0.4 is 0 Å². The topological polar surface area (TPSA) is 46.5 Å². The Bertz CT molecular complexity index is 147. The molecule has 0 aromatic rings. The lowest BCUT2D eigenvalue weighted by Crippen LogP contribution is -2.38. The molecule has 3 nitrogen and oxygen atoms in total. The van der Waals surface area contributed by atoms with Crippen LogP contribution in [0.4, 0.5) is 0 Å². The molecule has 1 fully saturated rings. The van der Waals surface area contributed by atoms with Crippen LogP contribution in [-0.2, 0) is 9.53 Å². The smallest absolute Gasteiger partial charge is 0.337 e. The van der Waals surface area contributed by atoms with E-state index in [1.807, 2.05) is 0 Å². The minimum absolute atomic E-state index is 0.125. The molecule has 58 valence electrons. The van der Waals surface area contributed by atoms with Gasteiger partial charge in [0.2, 0.25) is 0 Å². The van der Waals surface area contributed by atoms with E-state index in [2.05, 4.69) is 4.74 Å². The van der Waals surface area contributed by atoms with Gasteiger partial charge in [-0.2, -0.15) is 0 Å². The molecule has 1 aliphatic carbocycles. The van der Waals surface area contributed by atoms with Crippen LogP contribution in [-0.4, -0.2) is 23.8 Å². The van der Waals surface area contributed by atoms with Crippen LogP contribution in [0.1, 0.15) is 19.8 Å². The van der Waals surface area contributed by atoms with Gasteiger partial charge in [-0.15, -0.1) is 0 Å². The molecule has 0 saturated heterocycles. The Morgan fingerprint density at radius 2 is 2.20 bits per heavy atom. The molecule has 0 spiro atoms. The van der Waals surface area contributed by atoms with Crippen molar-refractivity contribution in [1.82, 2.24) is 0 Å². The Morgan fingerprint density at radius 3 is 2.50 bits per heavy atom. The second-order valence-electron chi connectivity index (χ2n) is 2.91. The maximum Gasteiger partial charge on any atom is 0.337 e. The lowest BCUT2D eigenvalue weighted by atomic mass is 10.0. The molecule has 0 unspecified atom stereocenters. The molecule has 1 atom stereocenters. The van der Waals surface area contributed by atoms with Crippen molar-refractivity contribution in [3.8, 4) is 0 Å². The maximum atomic E-state index is 10.8. The highest BCUT2D eigenvalue weighted by atomic mass is 16.5. The summed E-state index contributed by atoms with van der Waals surface area (Å²) >= 11 is 0. The summed E-state index contributed by atoms with van der Waals surface area (Å²) in [5.74, 6) is -0.394. The standard InChI is InChI=1S/C7H12O3/c1-7(9,5-3-4-5)6(8)10-2/h5,9H,3-4H2,1-2H3/t7-/m1/s1. The third kappa shape index (κ3) is 1.14. The minimum Gasteiger partial charge on any atom is -0.467 e. The number of methoxy groups -OCH3 is 1. The predicted octanol–water partition coefficient (Wildman–Crippen LogP) is 0.320. The number of hydrogen-bond donors (Lipinski definition) is 1. The number of aliphatic hydroxyl groups is 1. The van der Waals surface area contributed by atoms with Gasteiger partial charge in [0.1, 0.15) is 0 Å². The van der Waals surface area contributed by atoms with Gasteiger partial charge in [-0.25, -0.2) is 4.79 Å². The van der Waals surface area contributed by atoms with Crippen LogP contribution in [0, 0.1) is 5.92 Å². The molecule has 10 heavy (non-hydrogen) atoms. The Morgan fingerprint density at radius 1 is 1.70 bits per heavy atom. The monoisotopic (exact) mass is 144 g/mol. The second kappa shape index (κ2) is 2.23. The first kappa shape index (κ1) is 7.54. The molecular weight excluding hydrogens is 132 g/mol. The summed E-state index contributed by atoms with van der Waals surface area (Å²) in [5.41, 5.74) is -1.24. The fourth-order valence-electron chi connectivity index (χ4n) is 1.02. The van der Waals surface area contributed by atoms with Crippen LogP contribution >= 0.6 is 0 Å². The van der Waals surface area contributed by atoms with Crippen LogP contribution in [0.3, 0.4) is 0 Å². The fraction of sp³-hybridized carbons (Fsp3) is 0.857. The average Bonchev–Trinajstić information content (AvgIpc) is 2.66. The van der Waals surface area contributed by atoms with E-state index in [1.165, 1.54) is 14.0 Å². The predicted molar refractivity (Wildman–Crippen MR) is 35.4 cm³/mol. The number of carbonyl (C=O) groups is 1. The largest absolute Gasteiger partial charge is 0.467 e. The van der Waals surface area contributed by atoms with Gasteiger partial charge in [0, 0.05) is 0 Å². The Balaban J connectivity index is 2.56. The molecule has 1 rings (SSSR count). The number of ether oxygens (including phenoxy) is 1. The SMILES string of the molecule is COC(=O)[C@](C)(O)C1CC1.